The molecule has 0 radical (unpaired) electrons. The standard InChI is InChI=1S/C24H25NO3.C23H30N2O.C22H21NO/c1-26-23-14-19-11-12-25(17-20(19)15-24(23)27-2)16-18-7-6-10-22(13-18)28-21-8-4-3-5-9-21;1-3-9-22(10-4-1)26-23-11-7-8-20(18-23)19-24-16-12-21(13-17-24)25-14-5-2-6-15-25;1-2-10-21(11-3-1)24-22-12-6-7-18(15-22)16-23-14-13-19-8-4-5-9-20(19)17-23/h3-10,13-15H,11-12,16-17H2,1-2H3;1,3-4,7-11,18,21H,2,5-6,12-17,19H2;1-12,15H,13-14,16-17H2. The van der Waals surface area contributed by atoms with Gasteiger partial charge in [-0.15, -0.1) is 0 Å². The van der Waals surface area contributed by atoms with Gasteiger partial charge in [0.25, 0.3) is 0 Å². The average molecular weight is 1040 g/mol. The molecule has 0 spiro atoms. The van der Waals surface area contributed by atoms with Crippen molar-refractivity contribution in [1.82, 2.24) is 19.6 Å². The zero-order chi connectivity index (χ0) is 53.1. The lowest BCUT2D eigenvalue weighted by Gasteiger charge is -2.40. The molecule has 9 heteroatoms. The fourth-order valence-electron chi connectivity index (χ4n) is 11.3. The maximum Gasteiger partial charge on any atom is 0.161 e. The summed E-state index contributed by atoms with van der Waals surface area (Å²) in [7, 11) is 3.37. The molecular formula is C69H76N4O5. The number of methoxy groups -OCH3 is 2. The minimum atomic E-state index is 0.793. The molecule has 4 aliphatic rings. The maximum atomic E-state index is 5.98. The molecule has 4 aliphatic heterocycles. The number of benzene rings is 8. The number of likely N-dealkylation sites (tertiary alicyclic amines) is 2. The third-order valence-corrected chi connectivity index (χ3v) is 15.3. The summed E-state index contributed by atoms with van der Waals surface area (Å²) in [5.74, 6) is 6.92. The molecule has 8 aromatic rings. The first-order chi connectivity index (χ1) is 38.5. The monoisotopic (exact) mass is 1040 g/mol. The van der Waals surface area contributed by atoms with E-state index in [2.05, 4.69) is 111 Å². The highest BCUT2D eigenvalue weighted by atomic mass is 16.5. The molecule has 4 heterocycles. The Hall–Kier alpha value is -7.40. The quantitative estimate of drug-likeness (QED) is 0.0999. The van der Waals surface area contributed by atoms with Crippen LogP contribution in [0.5, 0.6) is 46.0 Å². The number of nitrogens with zero attached hydrogens (tertiary/aromatic N) is 4. The number of hydrogen-bond donors (Lipinski definition) is 0. The fourth-order valence-corrected chi connectivity index (χ4v) is 11.3. The van der Waals surface area contributed by atoms with Gasteiger partial charge in [0.2, 0.25) is 0 Å². The normalized spacial score (nSPS) is 16.0. The first-order valence-electron chi connectivity index (χ1n) is 28.2. The SMILES string of the molecule is COc1cc2c(cc1OC)CN(Cc1cccc(Oc3ccccc3)c1)CC2.c1ccc(Oc2cccc(CN3CCC(N4CCCCC4)CC3)c2)cc1.c1ccc(Oc2cccc(CN3CCc4ccccc4C3)c2)cc1. The Balaban J connectivity index is 0.000000133. The molecule has 0 saturated carbocycles. The van der Waals surface area contributed by atoms with Gasteiger partial charge in [0.1, 0.15) is 34.5 Å². The van der Waals surface area contributed by atoms with Gasteiger partial charge in [-0.05, 0) is 189 Å². The van der Waals surface area contributed by atoms with Crippen LogP contribution in [0.15, 0.2) is 200 Å². The first kappa shape index (κ1) is 54.0. The zero-order valence-electron chi connectivity index (χ0n) is 45.7. The van der Waals surface area contributed by atoms with E-state index in [1.54, 1.807) is 14.2 Å². The first-order valence-corrected chi connectivity index (χ1v) is 28.2. The second kappa shape index (κ2) is 27.8. The highest BCUT2D eigenvalue weighted by molar-refractivity contribution is 5.48. The highest BCUT2D eigenvalue weighted by Crippen LogP contribution is 2.34. The van der Waals surface area contributed by atoms with Gasteiger partial charge in [-0.1, -0.05) is 122 Å². The third kappa shape index (κ3) is 15.6. The lowest BCUT2D eigenvalue weighted by molar-refractivity contribution is 0.0896. The third-order valence-electron chi connectivity index (χ3n) is 15.3. The molecule has 0 N–H and O–H groups in total. The molecule has 2 saturated heterocycles. The number of rotatable bonds is 15. The molecule has 8 aromatic carbocycles. The van der Waals surface area contributed by atoms with Crippen molar-refractivity contribution in [2.75, 3.05) is 53.5 Å². The van der Waals surface area contributed by atoms with Crippen LogP contribution < -0.4 is 23.7 Å². The minimum Gasteiger partial charge on any atom is -0.493 e. The van der Waals surface area contributed by atoms with Gasteiger partial charge in [0.15, 0.2) is 11.5 Å². The van der Waals surface area contributed by atoms with E-state index >= 15 is 0 Å². The summed E-state index contributed by atoms with van der Waals surface area (Å²) in [5.41, 5.74) is 9.49. The van der Waals surface area contributed by atoms with E-state index in [4.69, 9.17) is 23.7 Å². The molecule has 2 fully saturated rings. The van der Waals surface area contributed by atoms with Crippen molar-refractivity contribution in [3.8, 4) is 46.0 Å². The van der Waals surface area contributed by atoms with Crippen LogP contribution in [-0.4, -0.2) is 79.1 Å². The van der Waals surface area contributed by atoms with Crippen molar-refractivity contribution < 1.29 is 23.7 Å². The summed E-state index contributed by atoms with van der Waals surface area (Å²) in [5, 5.41) is 0. The van der Waals surface area contributed by atoms with E-state index in [0.717, 1.165) is 111 Å². The molecule has 78 heavy (non-hydrogen) atoms. The Bertz CT molecular complexity index is 3090. The number of para-hydroxylation sites is 3. The number of ether oxygens (including phenoxy) is 5. The van der Waals surface area contributed by atoms with Gasteiger partial charge in [-0.25, -0.2) is 0 Å². The van der Waals surface area contributed by atoms with Crippen LogP contribution >= 0.6 is 0 Å². The lowest BCUT2D eigenvalue weighted by Crippen LogP contribution is -2.46. The van der Waals surface area contributed by atoms with Gasteiger partial charge < -0.3 is 28.6 Å². The Morgan fingerprint density at radius 2 is 0.744 bits per heavy atom. The number of hydrogen-bond acceptors (Lipinski definition) is 9. The van der Waals surface area contributed by atoms with Gasteiger partial charge >= 0.3 is 0 Å². The van der Waals surface area contributed by atoms with Crippen molar-refractivity contribution in [3.63, 3.8) is 0 Å². The van der Waals surface area contributed by atoms with Crippen molar-refractivity contribution in [1.29, 1.82) is 0 Å². The van der Waals surface area contributed by atoms with Crippen molar-refractivity contribution >= 4 is 0 Å². The Kier molecular flexibility index (Phi) is 19.2. The van der Waals surface area contributed by atoms with E-state index in [1.165, 1.54) is 97.2 Å². The molecule has 0 aromatic heterocycles. The average Bonchev–Trinajstić information content (AvgIpc) is 3.49. The molecule has 0 amide bonds. The summed E-state index contributed by atoms with van der Waals surface area (Å²) < 4.78 is 28.8. The molecule has 402 valence electrons. The van der Waals surface area contributed by atoms with Crippen LogP contribution in [0.1, 0.15) is 71.0 Å². The lowest BCUT2D eigenvalue weighted by atomic mass is 9.98. The summed E-state index contributed by atoms with van der Waals surface area (Å²) >= 11 is 0. The molecular weight excluding hydrogens is 965 g/mol. The van der Waals surface area contributed by atoms with Crippen LogP contribution in [-0.2, 0) is 45.6 Å². The van der Waals surface area contributed by atoms with Crippen LogP contribution in [0.3, 0.4) is 0 Å². The largest absolute Gasteiger partial charge is 0.493 e. The van der Waals surface area contributed by atoms with E-state index in [1.807, 2.05) is 109 Å². The topological polar surface area (TPSA) is 59.1 Å². The van der Waals surface area contributed by atoms with Gasteiger partial charge in [0, 0.05) is 51.9 Å². The minimum absolute atomic E-state index is 0.793. The van der Waals surface area contributed by atoms with Crippen molar-refractivity contribution in [3.05, 3.63) is 239 Å². The molecule has 9 nitrogen and oxygen atoms in total. The van der Waals surface area contributed by atoms with Crippen molar-refractivity contribution in [2.24, 2.45) is 0 Å². The predicted molar refractivity (Wildman–Crippen MR) is 314 cm³/mol. The van der Waals surface area contributed by atoms with Gasteiger partial charge in [0.05, 0.1) is 14.2 Å². The Morgan fingerprint density at radius 3 is 1.22 bits per heavy atom. The summed E-state index contributed by atoms with van der Waals surface area (Å²) in [4.78, 5) is 10.3. The van der Waals surface area contributed by atoms with Crippen LogP contribution in [0, 0.1) is 0 Å². The fraction of sp³-hybridized carbons (Fsp3) is 0.304. The van der Waals surface area contributed by atoms with Crippen LogP contribution in [0.4, 0.5) is 0 Å². The van der Waals surface area contributed by atoms with Gasteiger partial charge in [-0.2, -0.15) is 0 Å². The summed E-state index contributed by atoms with van der Waals surface area (Å²) in [6, 6.07) is 68.9. The second-order valence-corrected chi connectivity index (χ2v) is 21.0. The molecule has 0 bridgehead atoms. The van der Waals surface area contributed by atoms with Crippen molar-refractivity contribution in [2.45, 2.75) is 83.7 Å². The summed E-state index contributed by atoms with van der Waals surface area (Å²) in [6.07, 6.45) is 9.01. The van der Waals surface area contributed by atoms with E-state index < -0.39 is 0 Å². The molecule has 0 unspecified atom stereocenters. The smallest absolute Gasteiger partial charge is 0.161 e. The number of piperidine rings is 2. The zero-order valence-corrected chi connectivity index (χ0v) is 45.7. The van der Waals surface area contributed by atoms with Gasteiger partial charge in [-0.3, -0.25) is 14.7 Å². The van der Waals surface area contributed by atoms with E-state index in [9.17, 15) is 0 Å². The highest BCUT2D eigenvalue weighted by Gasteiger charge is 2.26. The molecule has 0 atom stereocenters. The molecule has 0 aliphatic carbocycles. The Morgan fingerprint density at radius 1 is 0.346 bits per heavy atom. The maximum absolute atomic E-state index is 5.98. The summed E-state index contributed by atoms with van der Waals surface area (Å²) in [6.45, 7) is 12.0. The van der Waals surface area contributed by atoms with E-state index in [-0.39, 0.29) is 0 Å². The van der Waals surface area contributed by atoms with Crippen LogP contribution in [0.2, 0.25) is 0 Å². The Labute approximate surface area is 463 Å². The van der Waals surface area contributed by atoms with Crippen LogP contribution in [0.25, 0.3) is 0 Å². The number of fused-ring (bicyclic) bond motifs is 2. The van der Waals surface area contributed by atoms with E-state index in [0.29, 0.717) is 0 Å². The predicted octanol–water partition coefficient (Wildman–Crippen LogP) is 15.0. The second-order valence-electron chi connectivity index (χ2n) is 21.0. The molecule has 12 rings (SSSR count).